The average molecular weight is 222 g/mol. The summed E-state index contributed by atoms with van der Waals surface area (Å²) >= 11 is 3.32. The predicted molar refractivity (Wildman–Crippen MR) is 50.9 cm³/mol. The van der Waals surface area contributed by atoms with Crippen molar-refractivity contribution in [3.05, 3.63) is 0 Å². The molecule has 0 aromatic heterocycles. The third-order valence-corrected chi connectivity index (χ3v) is 1.80. The van der Waals surface area contributed by atoms with Gasteiger partial charge in [0.2, 0.25) is 5.91 Å². The molecule has 11 heavy (non-hydrogen) atoms. The molecule has 0 spiro atoms. The zero-order chi connectivity index (χ0) is 8.69. The fourth-order valence-electron chi connectivity index (χ4n) is 0.774. The summed E-state index contributed by atoms with van der Waals surface area (Å²) in [4.78, 5) is 11.0. The largest absolute Gasteiger partial charge is 0.354 e. The summed E-state index contributed by atoms with van der Waals surface area (Å²) in [5.41, 5.74) is 0. The van der Waals surface area contributed by atoms with Crippen molar-refractivity contribution in [2.75, 3.05) is 5.33 Å². The van der Waals surface area contributed by atoms with Gasteiger partial charge in [-0.3, -0.25) is 4.79 Å². The maximum absolute atomic E-state index is 11.0. The Bertz CT molecular complexity index is 115. The molecular weight excluding hydrogens is 206 g/mol. The second kappa shape index (κ2) is 6.65. The molecule has 0 aliphatic heterocycles. The zero-order valence-corrected chi connectivity index (χ0v) is 8.78. The van der Waals surface area contributed by atoms with E-state index in [1.54, 1.807) is 0 Å². The van der Waals surface area contributed by atoms with Gasteiger partial charge in [-0.05, 0) is 26.7 Å². The molecule has 0 saturated carbocycles. The first-order valence-corrected chi connectivity index (χ1v) is 5.14. The molecule has 0 aliphatic rings. The minimum atomic E-state index is 0.168. The van der Waals surface area contributed by atoms with E-state index in [4.69, 9.17) is 0 Å². The SMILES string of the molecule is CC(C)NC(=O)CCCCBr. The van der Waals surface area contributed by atoms with Gasteiger partial charge in [0.1, 0.15) is 0 Å². The lowest BCUT2D eigenvalue weighted by Crippen LogP contribution is -2.29. The Labute approximate surface area is 76.9 Å². The van der Waals surface area contributed by atoms with Gasteiger partial charge in [-0.25, -0.2) is 0 Å². The molecule has 2 nitrogen and oxygen atoms in total. The average Bonchev–Trinajstić information content (AvgIpc) is 1.86. The lowest BCUT2D eigenvalue weighted by Gasteiger charge is -2.06. The normalized spacial score (nSPS) is 10.2. The van der Waals surface area contributed by atoms with E-state index in [1.807, 2.05) is 13.8 Å². The van der Waals surface area contributed by atoms with Gasteiger partial charge in [-0.15, -0.1) is 0 Å². The fourth-order valence-corrected chi connectivity index (χ4v) is 1.17. The van der Waals surface area contributed by atoms with Crippen LogP contribution in [0.25, 0.3) is 0 Å². The highest BCUT2D eigenvalue weighted by Gasteiger charge is 2.01. The van der Waals surface area contributed by atoms with E-state index in [9.17, 15) is 4.79 Å². The molecule has 1 amide bonds. The zero-order valence-electron chi connectivity index (χ0n) is 7.19. The number of carbonyl (C=O) groups is 1. The number of alkyl halides is 1. The molecule has 0 atom stereocenters. The fraction of sp³-hybridized carbons (Fsp3) is 0.875. The predicted octanol–water partition coefficient (Wildman–Crippen LogP) is 2.08. The third kappa shape index (κ3) is 7.85. The minimum absolute atomic E-state index is 0.168. The Hall–Kier alpha value is -0.0500. The Morgan fingerprint density at radius 1 is 1.45 bits per heavy atom. The Kier molecular flexibility index (Phi) is 6.62. The molecule has 0 aromatic rings. The summed E-state index contributed by atoms with van der Waals surface area (Å²) in [6.45, 7) is 3.95. The molecule has 0 fully saturated rings. The smallest absolute Gasteiger partial charge is 0.220 e. The lowest BCUT2D eigenvalue weighted by atomic mass is 10.2. The second-order valence-electron chi connectivity index (χ2n) is 2.87. The maximum Gasteiger partial charge on any atom is 0.220 e. The van der Waals surface area contributed by atoms with E-state index in [0.29, 0.717) is 6.42 Å². The molecule has 0 rings (SSSR count). The number of nitrogens with one attached hydrogen (secondary N) is 1. The van der Waals surface area contributed by atoms with Crippen molar-refractivity contribution in [1.82, 2.24) is 5.32 Å². The van der Waals surface area contributed by atoms with Gasteiger partial charge in [0.05, 0.1) is 0 Å². The van der Waals surface area contributed by atoms with Crippen LogP contribution in [0.5, 0.6) is 0 Å². The molecule has 0 saturated heterocycles. The molecule has 0 aromatic carbocycles. The van der Waals surface area contributed by atoms with E-state index >= 15 is 0 Å². The van der Waals surface area contributed by atoms with Crippen LogP contribution in [-0.4, -0.2) is 17.3 Å². The quantitative estimate of drug-likeness (QED) is 0.560. The first-order chi connectivity index (χ1) is 5.16. The van der Waals surface area contributed by atoms with Gasteiger partial charge in [-0.2, -0.15) is 0 Å². The number of halogens is 1. The Morgan fingerprint density at radius 2 is 2.09 bits per heavy atom. The number of rotatable bonds is 5. The van der Waals surface area contributed by atoms with Crippen LogP contribution < -0.4 is 5.32 Å². The Balaban J connectivity index is 3.23. The summed E-state index contributed by atoms with van der Waals surface area (Å²) in [7, 11) is 0. The van der Waals surface area contributed by atoms with Crippen molar-refractivity contribution in [2.24, 2.45) is 0 Å². The minimum Gasteiger partial charge on any atom is -0.354 e. The van der Waals surface area contributed by atoms with Gasteiger partial charge >= 0.3 is 0 Å². The van der Waals surface area contributed by atoms with Crippen LogP contribution in [0.15, 0.2) is 0 Å². The molecule has 0 aliphatic carbocycles. The van der Waals surface area contributed by atoms with E-state index < -0.39 is 0 Å². The van der Waals surface area contributed by atoms with Gasteiger partial charge in [0.25, 0.3) is 0 Å². The van der Waals surface area contributed by atoms with E-state index in [1.165, 1.54) is 0 Å². The lowest BCUT2D eigenvalue weighted by molar-refractivity contribution is -0.121. The van der Waals surface area contributed by atoms with Gasteiger partial charge in [0, 0.05) is 17.8 Å². The standard InChI is InChI=1S/C8H16BrNO/c1-7(2)10-8(11)5-3-4-6-9/h7H,3-6H2,1-2H3,(H,10,11). The van der Waals surface area contributed by atoms with Gasteiger partial charge in [0.15, 0.2) is 0 Å². The molecular formula is C8H16BrNO. The van der Waals surface area contributed by atoms with Crippen LogP contribution in [0, 0.1) is 0 Å². The van der Waals surface area contributed by atoms with Crippen molar-refractivity contribution in [3.8, 4) is 0 Å². The summed E-state index contributed by atoms with van der Waals surface area (Å²) in [5.74, 6) is 0.168. The number of hydrogen-bond donors (Lipinski definition) is 1. The van der Waals surface area contributed by atoms with Crippen molar-refractivity contribution in [1.29, 1.82) is 0 Å². The van der Waals surface area contributed by atoms with E-state index in [-0.39, 0.29) is 11.9 Å². The van der Waals surface area contributed by atoms with Gasteiger partial charge < -0.3 is 5.32 Å². The second-order valence-corrected chi connectivity index (χ2v) is 3.66. The summed E-state index contributed by atoms with van der Waals surface area (Å²) in [5, 5.41) is 3.84. The summed E-state index contributed by atoms with van der Waals surface area (Å²) in [6, 6.07) is 0.270. The first-order valence-electron chi connectivity index (χ1n) is 4.02. The highest BCUT2D eigenvalue weighted by Crippen LogP contribution is 1.98. The van der Waals surface area contributed by atoms with Gasteiger partial charge in [-0.1, -0.05) is 15.9 Å². The van der Waals surface area contributed by atoms with Crippen molar-refractivity contribution >= 4 is 21.8 Å². The van der Waals surface area contributed by atoms with Crippen molar-refractivity contribution in [2.45, 2.75) is 39.2 Å². The van der Waals surface area contributed by atoms with Crippen LogP contribution in [-0.2, 0) is 4.79 Å². The Morgan fingerprint density at radius 3 is 2.55 bits per heavy atom. The monoisotopic (exact) mass is 221 g/mol. The number of amides is 1. The molecule has 0 heterocycles. The summed E-state index contributed by atoms with van der Waals surface area (Å²) < 4.78 is 0. The molecule has 66 valence electrons. The topological polar surface area (TPSA) is 29.1 Å². The van der Waals surface area contributed by atoms with Crippen LogP contribution in [0.4, 0.5) is 0 Å². The first kappa shape index (κ1) is 11.0. The van der Waals surface area contributed by atoms with Crippen LogP contribution in [0.3, 0.4) is 0 Å². The molecule has 0 bridgehead atoms. The van der Waals surface area contributed by atoms with Crippen molar-refractivity contribution in [3.63, 3.8) is 0 Å². The van der Waals surface area contributed by atoms with E-state index in [2.05, 4.69) is 21.2 Å². The molecule has 0 unspecified atom stereocenters. The molecule has 1 N–H and O–H groups in total. The number of carbonyl (C=O) groups excluding carboxylic acids is 1. The van der Waals surface area contributed by atoms with Crippen LogP contribution in [0.1, 0.15) is 33.1 Å². The number of unbranched alkanes of at least 4 members (excludes halogenated alkanes) is 1. The van der Waals surface area contributed by atoms with E-state index in [0.717, 1.165) is 18.2 Å². The maximum atomic E-state index is 11.0. The van der Waals surface area contributed by atoms with Crippen LogP contribution in [0.2, 0.25) is 0 Å². The summed E-state index contributed by atoms with van der Waals surface area (Å²) in [6.07, 6.45) is 2.71. The highest BCUT2D eigenvalue weighted by molar-refractivity contribution is 9.09. The molecule has 3 heteroatoms. The molecule has 0 radical (unpaired) electrons. The third-order valence-electron chi connectivity index (χ3n) is 1.24. The van der Waals surface area contributed by atoms with Crippen molar-refractivity contribution < 1.29 is 4.79 Å². The highest BCUT2D eigenvalue weighted by atomic mass is 79.9. The van der Waals surface area contributed by atoms with Crippen LogP contribution >= 0.6 is 15.9 Å². The number of hydrogen-bond acceptors (Lipinski definition) is 1.